The molecule has 20 heavy (non-hydrogen) atoms. The largest absolute Gasteiger partial charge is 0.393 e. The van der Waals surface area contributed by atoms with Gasteiger partial charge in [0.2, 0.25) is 0 Å². The van der Waals surface area contributed by atoms with Crippen molar-refractivity contribution in [1.29, 1.82) is 0 Å². The second-order valence-electron chi connectivity index (χ2n) is 5.42. The van der Waals surface area contributed by atoms with E-state index in [0.29, 0.717) is 18.9 Å². The lowest BCUT2D eigenvalue weighted by molar-refractivity contribution is 0.100. The number of hydrogen-bond acceptors (Lipinski definition) is 3. The van der Waals surface area contributed by atoms with Gasteiger partial charge in [-0.25, -0.2) is 4.98 Å². The molecule has 0 spiro atoms. The van der Waals surface area contributed by atoms with Gasteiger partial charge in [0.25, 0.3) is 0 Å². The van der Waals surface area contributed by atoms with Gasteiger partial charge in [0.1, 0.15) is 5.82 Å². The number of methoxy groups -OCH3 is 1. The molecule has 0 bridgehead atoms. The zero-order valence-corrected chi connectivity index (χ0v) is 12.5. The summed E-state index contributed by atoms with van der Waals surface area (Å²) in [6.07, 6.45) is 0.958. The van der Waals surface area contributed by atoms with E-state index >= 15 is 0 Å². The minimum absolute atomic E-state index is 0.356. The summed E-state index contributed by atoms with van der Waals surface area (Å²) in [5.74, 6) is 1.32. The fraction of sp³-hybridized carbons (Fsp3) is 0.562. The predicted molar refractivity (Wildman–Crippen MR) is 80.8 cm³/mol. The number of imidazole rings is 1. The van der Waals surface area contributed by atoms with Crippen LogP contribution in [0.2, 0.25) is 0 Å². The van der Waals surface area contributed by atoms with Gasteiger partial charge in [-0.2, -0.15) is 0 Å². The van der Waals surface area contributed by atoms with Crippen LogP contribution in [0.3, 0.4) is 0 Å². The van der Waals surface area contributed by atoms with E-state index in [4.69, 9.17) is 4.74 Å². The molecule has 0 aliphatic rings. The number of aliphatic hydroxyl groups is 1. The number of fused-ring (bicyclic) bond motifs is 1. The number of hydrogen-bond donors (Lipinski definition) is 1. The van der Waals surface area contributed by atoms with E-state index in [2.05, 4.69) is 29.5 Å². The zero-order valence-electron chi connectivity index (χ0n) is 12.5. The number of aliphatic hydroxyl groups excluding tert-OH is 1. The summed E-state index contributed by atoms with van der Waals surface area (Å²) in [7, 11) is 1.69. The van der Waals surface area contributed by atoms with Gasteiger partial charge in [-0.15, -0.1) is 0 Å². The highest BCUT2D eigenvalue weighted by molar-refractivity contribution is 5.75. The number of nitrogens with zero attached hydrogens (tertiary/aromatic N) is 2. The molecule has 4 heteroatoms. The maximum absolute atomic E-state index is 10.2. The van der Waals surface area contributed by atoms with Crippen LogP contribution in [0.5, 0.6) is 0 Å². The summed E-state index contributed by atoms with van der Waals surface area (Å²) in [6, 6.07) is 8.12. The van der Waals surface area contributed by atoms with Crippen LogP contribution in [0.25, 0.3) is 11.0 Å². The van der Waals surface area contributed by atoms with E-state index in [1.165, 1.54) is 0 Å². The van der Waals surface area contributed by atoms with E-state index in [0.717, 1.165) is 29.8 Å². The summed E-state index contributed by atoms with van der Waals surface area (Å²) in [4.78, 5) is 4.65. The van der Waals surface area contributed by atoms with E-state index < -0.39 is 0 Å². The lowest BCUT2D eigenvalue weighted by Gasteiger charge is -2.16. The molecular formula is C16H24N2O2. The van der Waals surface area contributed by atoms with Crippen molar-refractivity contribution >= 4 is 11.0 Å². The van der Waals surface area contributed by atoms with Crippen LogP contribution >= 0.6 is 0 Å². The predicted octanol–water partition coefficient (Wildman–Crippen LogP) is 2.63. The van der Waals surface area contributed by atoms with Crippen molar-refractivity contribution in [3.63, 3.8) is 0 Å². The third kappa shape index (κ3) is 3.38. The lowest BCUT2D eigenvalue weighted by Crippen LogP contribution is -2.19. The van der Waals surface area contributed by atoms with E-state index in [1.54, 1.807) is 7.11 Å². The molecule has 0 saturated carbocycles. The molecule has 110 valence electrons. The number of benzene rings is 1. The van der Waals surface area contributed by atoms with Crippen LogP contribution in [0, 0.1) is 5.92 Å². The van der Waals surface area contributed by atoms with Gasteiger partial charge in [0, 0.05) is 26.7 Å². The van der Waals surface area contributed by atoms with Gasteiger partial charge < -0.3 is 14.4 Å². The average molecular weight is 276 g/mol. The first-order chi connectivity index (χ1) is 9.65. The smallest absolute Gasteiger partial charge is 0.112 e. The number of aryl methyl sites for hydroxylation is 1. The summed E-state index contributed by atoms with van der Waals surface area (Å²) < 4.78 is 7.30. The molecule has 0 aliphatic heterocycles. The fourth-order valence-corrected chi connectivity index (χ4v) is 2.75. The molecule has 0 saturated heterocycles. The number of rotatable bonds is 7. The molecule has 2 atom stereocenters. The molecule has 2 unspecified atom stereocenters. The van der Waals surface area contributed by atoms with E-state index in [9.17, 15) is 5.11 Å². The fourth-order valence-electron chi connectivity index (χ4n) is 2.75. The molecule has 4 nitrogen and oxygen atoms in total. The molecule has 2 rings (SSSR count). The zero-order chi connectivity index (χ0) is 14.5. The van der Waals surface area contributed by atoms with Crippen molar-refractivity contribution in [3.8, 4) is 0 Å². The number of ether oxygens (including phenoxy) is 1. The summed E-state index contributed by atoms with van der Waals surface area (Å²) in [5.41, 5.74) is 2.14. The Morgan fingerprint density at radius 3 is 2.80 bits per heavy atom. The molecule has 1 N–H and O–H groups in total. The number of para-hydroxylation sites is 2. The van der Waals surface area contributed by atoms with Gasteiger partial charge in [0.15, 0.2) is 0 Å². The van der Waals surface area contributed by atoms with Crippen LogP contribution < -0.4 is 0 Å². The molecule has 1 aromatic heterocycles. The van der Waals surface area contributed by atoms with E-state index in [-0.39, 0.29) is 6.10 Å². The molecular weight excluding hydrogens is 252 g/mol. The van der Waals surface area contributed by atoms with Gasteiger partial charge >= 0.3 is 0 Å². The highest BCUT2D eigenvalue weighted by atomic mass is 16.5. The molecule has 0 aliphatic carbocycles. The third-order valence-corrected chi connectivity index (χ3v) is 3.59. The Hall–Kier alpha value is -1.39. The first-order valence-electron chi connectivity index (χ1n) is 7.26. The normalized spacial score (nSPS) is 14.6. The van der Waals surface area contributed by atoms with Crippen molar-refractivity contribution in [3.05, 3.63) is 30.1 Å². The Kier molecular flexibility index (Phi) is 5.15. The van der Waals surface area contributed by atoms with Gasteiger partial charge in [-0.1, -0.05) is 19.1 Å². The summed E-state index contributed by atoms with van der Waals surface area (Å²) in [6.45, 7) is 5.75. The summed E-state index contributed by atoms with van der Waals surface area (Å²) in [5, 5.41) is 10.2. The average Bonchev–Trinajstić information content (AvgIpc) is 2.75. The maximum Gasteiger partial charge on any atom is 0.112 e. The first-order valence-corrected chi connectivity index (χ1v) is 7.26. The molecule has 1 aromatic carbocycles. The molecule has 0 amide bonds. The Morgan fingerprint density at radius 2 is 2.10 bits per heavy atom. The molecule has 0 fully saturated rings. The molecule has 0 radical (unpaired) electrons. The SMILES string of the molecule is CCn1c(CC(O)CC(C)COC)nc2ccccc21. The standard InChI is InChI=1S/C16H24N2O2/c1-4-18-15-8-6-5-7-14(15)17-16(18)10-13(19)9-12(2)11-20-3/h5-8,12-13,19H,4,9-11H2,1-3H3. The van der Waals surface area contributed by atoms with Crippen molar-refractivity contribution < 1.29 is 9.84 Å². The van der Waals surface area contributed by atoms with Crippen LogP contribution in [-0.4, -0.2) is 34.5 Å². The Labute approximate surface area is 120 Å². The van der Waals surface area contributed by atoms with Gasteiger partial charge in [0.05, 0.1) is 17.1 Å². The van der Waals surface area contributed by atoms with E-state index in [1.807, 2.05) is 18.2 Å². The van der Waals surface area contributed by atoms with Crippen LogP contribution in [-0.2, 0) is 17.7 Å². The monoisotopic (exact) mass is 276 g/mol. The van der Waals surface area contributed by atoms with Crippen molar-refractivity contribution in [1.82, 2.24) is 9.55 Å². The van der Waals surface area contributed by atoms with Gasteiger partial charge in [-0.3, -0.25) is 0 Å². The van der Waals surface area contributed by atoms with Crippen molar-refractivity contribution in [2.45, 2.75) is 39.3 Å². The number of aromatic nitrogens is 2. The highest BCUT2D eigenvalue weighted by Crippen LogP contribution is 2.18. The third-order valence-electron chi connectivity index (χ3n) is 3.59. The molecule has 1 heterocycles. The molecule has 2 aromatic rings. The van der Waals surface area contributed by atoms with Gasteiger partial charge in [-0.05, 0) is 31.4 Å². The van der Waals surface area contributed by atoms with Crippen LogP contribution in [0.15, 0.2) is 24.3 Å². The van der Waals surface area contributed by atoms with Crippen molar-refractivity contribution in [2.75, 3.05) is 13.7 Å². The highest BCUT2D eigenvalue weighted by Gasteiger charge is 2.16. The van der Waals surface area contributed by atoms with Crippen molar-refractivity contribution in [2.24, 2.45) is 5.92 Å². The minimum Gasteiger partial charge on any atom is -0.393 e. The minimum atomic E-state index is -0.373. The summed E-state index contributed by atoms with van der Waals surface area (Å²) >= 11 is 0. The first kappa shape index (κ1) is 15.0. The second-order valence-corrected chi connectivity index (χ2v) is 5.42. The second kappa shape index (κ2) is 6.86. The quantitative estimate of drug-likeness (QED) is 0.845. The Bertz CT molecular complexity index is 550. The maximum atomic E-state index is 10.2. The van der Waals surface area contributed by atoms with Crippen LogP contribution in [0.1, 0.15) is 26.1 Å². The van der Waals surface area contributed by atoms with Crippen LogP contribution in [0.4, 0.5) is 0 Å². The Morgan fingerprint density at radius 1 is 1.35 bits per heavy atom. The lowest BCUT2D eigenvalue weighted by atomic mass is 10.0. The topological polar surface area (TPSA) is 47.3 Å². The Balaban J connectivity index is 2.12.